The number of hydrogen-bond donors (Lipinski definition) is 0. The van der Waals surface area contributed by atoms with Gasteiger partial charge < -0.3 is 4.74 Å². The third kappa shape index (κ3) is 5.89. The minimum atomic E-state index is -0.389. The molecule has 0 aromatic rings. The summed E-state index contributed by atoms with van der Waals surface area (Å²) in [5.41, 5.74) is 0. The van der Waals surface area contributed by atoms with Crippen molar-refractivity contribution in [3.05, 3.63) is 6.92 Å². The van der Waals surface area contributed by atoms with Crippen molar-refractivity contribution in [2.45, 2.75) is 6.42 Å². The zero-order chi connectivity index (χ0) is 5.54. The van der Waals surface area contributed by atoms with Crippen molar-refractivity contribution < 1.29 is 9.13 Å². The van der Waals surface area contributed by atoms with E-state index in [4.69, 9.17) is 4.74 Å². The zero-order valence-corrected chi connectivity index (χ0v) is 4.32. The third-order valence-corrected chi connectivity index (χ3v) is 0.510. The summed E-state index contributed by atoms with van der Waals surface area (Å²) in [4.78, 5) is 0. The molecule has 0 aliphatic heterocycles. The Kier molecular flexibility index (Phi) is 5.80. The Morgan fingerprint density at radius 3 is 2.57 bits per heavy atom. The Morgan fingerprint density at radius 2 is 2.14 bits per heavy atom. The number of alkyl halides is 1. The zero-order valence-electron chi connectivity index (χ0n) is 4.32. The van der Waals surface area contributed by atoms with E-state index in [1.807, 2.05) is 0 Å². The van der Waals surface area contributed by atoms with Crippen LogP contribution in [-0.4, -0.2) is 19.9 Å². The molecule has 0 aromatic carbocycles. The molecule has 0 rings (SSSR count). The highest BCUT2D eigenvalue weighted by Crippen LogP contribution is 1.78. The monoisotopic (exact) mass is 105 g/mol. The quantitative estimate of drug-likeness (QED) is 0.488. The molecule has 0 heterocycles. The van der Waals surface area contributed by atoms with Crippen LogP contribution in [0.3, 0.4) is 0 Å². The second-order valence-corrected chi connectivity index (χ2v) is 1.15. The Labute approximate surface area is 43.5 Å². The van der Waals surface area contributed by atoms with Crippen LogP contribution < -0.4 is 0 Å². The van der Waals surface area contributed by atoms with E-state index in [-0.39, 0.29) is 13.3 Å². The molecule has 0 amide bonds. The fourth-order valence-corrected chi connectivity index (χ4v) is 0.259. The lowest BCUT2D eigenvalue weighted by Gasteiger charge is -1.93. The van der Waals surface area contributed by atoms with Crippen LogP contribution in [0.5, 0.6) is 0 Å². The van der Waals surface area contributed by atoms with E-state index in [2.05, 4.69) is 6.92 Å². The van der Waals surface area contributed by atoms with Crippen LogP contribution in [0.1, 0.15) is 6.42 Å². The van der Waals surface area contributed by atoms with Gasteiger partial charge in [-0.15, -0.1) is 0 Å². The maximum absolute atomic E-state index is 11.2. The predicted octanol–water partition coefficient (Wildman–Crippen LogP) is 1.20. The molecule has 0 aromatic heterocycles. The van der Waals surface area contributed by atoms with Gasteiger partial charge in [0, 0.05) is 6.61 Å². The molecule has 43 valence electrons. The smallest absolute Gasteiger partial charge is 0.113 e. The van der Waals surface area contributed by atoms with Crippen molar-refractivity contribution >= 4 is 0 Å². The fraction of sp³-hybridized carbons (Fsp3) is 0.800. The summed E-state index contributed by atoms with van der Waals surface area (Å²) < 4.78 is 15.9. The van der Waals surface area contributed by atoms with Crippen LogP contribution in [0.25, 0.3) is 0 Å². The van der Waals surface area contributed by atoms with Gasteiger partial charge in [0.2, 0.25) is 0 Å². The molecule has 0 saturated carbocycles. The average Bonchev–Trinajstić information content (AvgIpc) is 1.69. The summed E-state index contributed by atoms with van der Waals surface area (Å²) in [6.07, 6.45) is 0.722. The van der Waals surface area contributed by atoms with Crippen LogP contribution >= 0.6 is 0 Å². The lowest BCUT2D eigenvalue weighted by molar-refractivity contribution is 0.123. The molecule has 0 saturated heterocycles. The van der Waals surface area contributed by atoms with Crippen molar-refractivity contribution in [2.24, 2.45) is 0 Å². The molecular weight excluding hydrogens is 95.1 g/mol. The average molecular weight is 105 g/mol. The Bertz CT molecular complexity index is 27.3. The molecule has 1 nitrogen and oxygen atoms in total. The maximum Gasteiger partial charge on any atom is 0.113 e. The van der Waals surface area contributed by atoms with Crippen LogP contribution in [0.2, 0.25) is 0 Å². The normalized spacial score (nSPS) is 9.43. The van der Waals surface area contributed by atoms with Gasteiger partial charge in [0.05, 0.1) is 6.61 Å². The van der Waals surface area contributed by atoms with E-state index >= 15 is 0 Å². The molecule has 0 unspecified atom stereocenters. The van der Waals surface area contributed by atoms with E-state index in [1.54, 1.807) is 0 Å². The van der Waals surface area contributed by atoms with Crippen molar-refractivity contribution in [3.63, 3.8) is 0 Å². The topological polar surface area (TPSA) is 9.23 Å². The standard InChI is InChI=1S/C5H10FO/c1-2-4-7-5-3-6/h1-5H2. The van der Waals surface area contributed by atoms with Gasteiger partial charge in [0.15, 0.2) is 0 Å². The molecule has 0 atom stereocenters. The van der Waals surface area contributed by atoms with E-state index in [9.17, 15) is 4.39 Å². The first kappa shape index (κ1) is 6.89. The van der Waals surface area contributed by atoms with Crippen molar-refractivity contribution in [3.8, 4) is 0 Å². The lowest BCUT2D eigenvalue weighted by Crippen LogP contribution is -1.95. The van der Waals surface area contributed by atoms with Gasteiger partial charge in [0.25, 0.3) is 0 Å². The van der Waals surface area contributed by atoms with E-state index in [1.165, 1.54) is 0 Å². The van der Waals surface area contributed by atoms with Crippen LogP contribution in [-0.2, 0) is 4.74 Å². The minimum absolute atomic E-state index is 0.218. The van der Waals surface area contributed by atoms with Crippen LogP contribution in [0, 0.1) is 6.92 Å². The number of rotatable bonds is 4. The first-order valence-corrected chi connectivity index (χ1v) is 2.34. The molecule has 0 bridgehead atoms. The minimum Gasteiger partial charge on any atom is -0.379 e. The molecule has 0 fully saturated rings. The highest BCUT2D eigenvalue weighted by Gasteiger charge is 1.80. The maximum atomic E-state index is 11.2. The van der Waals surface area contributed by atoms with E-state index < -0.39 is 0 Å². The molecular formula is C5H10FO. The van der Waals surface area contributed by atoms with Gasteiger partial charge in [-0.3, -0.25) is 0 Å². The number of ether oxygens (including phenoxy) is 1. The lowest BCUT2D eigenvalue weighted by atomic mass is 10.5. The first-order valence-electron chi connectivity index (χ1n) is 2.34. The van der Waals surface area contributed by atoms with Gasteiger partial charge in [-0.2, -0.15) is 0 Å². The highest BCUT2D eigenvalue weighted by atomic mass is 19.1. The van der Waals surface area contributed by atoms with Crippen LogP contribution in [0.4, 0.5) is 4.39 Å². The first-order chi connectivity index (χ1) is 3.41. The summed E-state index contributed by atoms with van der Waals surface area (Å²) in [6, 6.07) is 0. The van der Waals surface area contributed by atoms with Crippen molar-refractivity contribution in [1.29, 1.82) is 0 Å². The summed E-state index contributed by atoms with van der Waals surface area (Å²) in [5, 5.41) is 0. The Hall–Kier alpha value is -0.110. The summed E-state index contributed by atoms with van der Waals surface area (Å²) in [6.45, 7) is 3.91. The second-order valence-electron chi connectivity index (χ2n) is 1.15. The van der Waals surface area contributed by atoms with Gasteiger partial charge in [-0.1, -0.05) is 6.92 Å². The largest absolute Gasteiger partial charge is 0.379 e. The van der Waals surface area contributed by atoms with E-state index in [0.29, 0.717) is 6.61 Å². The molecule has 0 spiro atoms. The Balaban J connectivity index is 2.45. The van der Waals surface area contributed by atoms with Gasteiger partial charge in [-0.05, 0) is 6.42 Å². The molecule has 7 heavy (non-hydrogen) atoms. The highest BCUT2D eigenvalue weighted by molar-refractivity contribution is 4.34. The predicted molar refractivity (Wildman–Crippen MR) is 26.8 cm³/mol. The van der Waals surface area contributed by atoms with Crippen LogP contribution in [0.15, 0.2) is 0 Å². The fourth-order valence-electron chi connectivity index (χ4n) is 0.259. The summed E-state index contributed by atoms with van der Waals surface area (Å²) in [7, 11) is 0. The number of halogens is 1. The molecule has 2 heteroatoms. The third-order valence-electron chi connectivity index (χ3n) is 0.510. The number of hydrogen-bond acceptors (Lipinski definition) is 1. The summed E-state index contributed by atoms with van der Waals surface area (Å²) >= 11 is 0. The molecule has 1 radical (unpaired) electrons. The Morgan fingerprint density at radius 1 is 1.43 bits per heavy atom. The SMILES string of the molecule is [CH2]CCOCCF. The van der Waals surface area contributed by atoms with Gasteiger partial charge in [-0.25, -0.2) is 4.39 Å². The van der Waals surface area contributed by atoms with Crippen molar-refractivity contribution in [2.75, 3.05) is 19.9 Å². The van der Waals surface area contributed by atoms with Gasteiger partial charge in [0.1, 0.15) is 6.67 Å². The molecule has 0 N–H and O–H groups in total. The second kappa shape index (κ2) is 5.89. The van der Waals surface area contributed by atoms with E-state index in [0.717, 1.165) is 6.42 Å². The molecule has 0 aliphatic rings. The van der Waals surface area contributed by atoms with Gasteiger partial charge >= 0.3 is 0 Å². The van der Waals surface area contributed by atoms with Crippen molar-refractivity contribution in [1.82, 2.24) is 0 Å². The summed E-state index contributed by atoms with van der Waals surface area (Å²) in [5.74, 6) is 0. The molecule has 0 aliphatic carbocycles.